The van der Waals surface area contributed by atoms with Crippen LogP contribution in [0.15, 0.2) is 12.1 Å². The van der Waals surface area contributed by atoms with E-state index in [2.05, 4.69) is 4.98 Å². The first-order chi connectivity index (χ1) is 8.60. The van der Waals surface area contributed by atoms with Crippen LogP contribution in [0.1, 0.15) is 21.7 Å². The minimum absolute atomic E-state index is 0.0394. The predicted molar refractivity (Wildman–Crippen MR) is 70.5 cm³/mol. The van der Waals surface area contributed by atoms with E-state index in [9.17, 15) is 4.79 Å². The first-order valence-corrected chi connectivity index (χ1v) is 6.02. The summed E-state index contributed by atoms with van der Waals surface area (Å²) in [6.45, 7) is 5.76. The van der Waals surface area contributed by atoms with Crippen LogP contribution in [0, 0.1) is 13.8 Å². The number of hydrogen-bond acceptors (Lipinski definition) is 4. The summed E-state index contributed by atoms with van der Waals surface area (Å²) in [7, 11) is 1.61. The molecule has 5 heteroatoms. The van der Waals surface area contributed by atoms with Crippen LogP contribution in [0.25, 0.3) is 0 Å². The zero-order valence-electron chi connectivity index (χ0n) is 11.3. The average Bonchev–Trinajstić information content (AvgIpc) is 2.33. The van der Waals surface area contributed by atoms with Crippen molar-refractivity contribution in [2.24, 2.45) is 5.73 Å². The third-order valence-corrected chi connectivity index (χ3v) is 2.71. The second-order valence-corrected chi connectivity index (χ2v) is 4.16. The minimum atomic E-state index is -0.0394. The van der Waals surface area contributed by atoms with E-state index in [4.69, 9.17) is 10.5 Å². The predicted octanol–water partition coefficient (Wildman–Crippen LogP) is 0.746. The van der Waals surface area contributed by atoms with Crippen LogP contribution in [0.3, 0.4) is 0 Å². The first-order valence-electron chi connectivity index (χ1n) is 6.02. The maximum absolute atomic E-state index is 12.3. The first kappa shape index (κ1) is 14.6. The molecule has 0 saturated heterocycles. The molecule has 18 heavy (non-hydrogen) atoms. The molecule has 0 unspecified atom stereocenters. The summed E-state index contributed by atoms with van der Waals surface area (Å²) < 4.78 is 5.00. The number of ether oxygens (including phenoxy) is 1. The zero-order valence-corrected chi connectivity index (χ0v) is 11.3. The SMILES string of the molecule is COCCN(CCN)C(=O)c1ccc(C)nc1C. The van der Waals surface area contributed by atoms with Crippen molar-refractivity contribution < 1.29 is 9.53 Å². The van der Waals surface area contributed by atoms with Crippen LogP contribution in [-0.2, 0) is 4.74 Å². The van der Waals surface area contributed by atoms with Gasteiger partial charge in [-0.05, 0) is 26.0 Å². The number of aromatic nitrogens is 1. The van der Waals surface area contributed by atoms with E-state index in [1.54, 1.807) is 12.0 Å². The lowest BCUT2D eigenvalue weighted by atomic mass is 10.1. The Morgan fingerprint density at radius 3 is 2.67 bits per heavy atom. The number of methoxy groups -OCH3 is 1. The number of rotatable bonds is 6. The minimum Gasteiger partial charge on any atom is -0.383 e. The van der Waals surface area contributed by atoms with Crippen LogP contribution in [0.5, 0.6) is 0 Å². The second kappa shape index (κ2) is 7.08. The molecule has 0 bridgehead atoms. The monoisotopic (exact) mass is 251 g/mol. The Balaban J connectivity index is 2.87. The van der Waals surface area contributed by atoms with Gasteiger partial charge in [0.1, 0.15) is 0 Å². The fraction of sp³-hybridized carbons (Fsp3) is 0.538. The molecule has 100 valence electrons. The fourth-order valence-corrected chi connectivity index (χ4v) is 1.76. The van der Waals surface area contributed by atoms with E-state index in [0.717, 1.165) is 11.4 Å². The van der Waals surface area contributed by atoms with Crippen LogP contribution >= 0.6 is 0 Å². The average molecular weight is 251 g/mol. The zero-order chi connectivity index (χ0) is 13.5. The molecule has 2 N–H and O–H groups in total. The normalized spacial score (nSPS) is 10.4. The summed E-state index contributed by atoms with van der Waals surface area (Å²) in [5.41, 5.74) is 7.82. The van der Waals surface area contributed by atoms with E-state index >= 15 is 0 Å². The van der Waals surface area contributed by atoms with E-state index in [0.29, 0.717) is 31.8 Å². The topological polar surface area (TPSA) is 68.5 Å². The molecule has 5 nitrogen and oxygen atoms in total. The van der Waals surface area contributed by atoms with Gasteiger partial charge in [0.25, 0.3) is 5.91 Å². The highest BCUT2D eigenvalue weighted by molar-refractivity contribution is 5.95. The summed E-state index contributed by atoms with van der Waals surface area (Å²) >= 11 is 0. The van der Waals surface area contributed by atoms with E-state index in [1.807, 2.05) is 26.0 Å². The fourth-order valence-electron chi connectivity index (χ4n) is 1.76. The summed E-state index contributed by atoms with van der Waals surface area (Å²) in [6, 6.07) is 3.66. The Hall–Kier alpha value is -1.46. The van der Waals surface area contributed by atoms with Gasteiger partial charge < -0.3 is 15.4 Å². The van der Waals surface area contributed by atoms with Gasteiger partial charge in [-0.25, -0.2) is 0 Å². The number of amides is 1. The molecule has 0 aliphatic rings. The highest BCUT2D eigenvalue weighted by atomic mass is 16.5. The van der Waals surface area contributed by atoms with Crippen molar-refractivity contribution >= 4 is 5.91 Å². The molecular weight excluding hydrogens is 230 g/mol. The Morgan fingerprint density at radius 1 is 1.39 bits per heavy atom. The van der Waals surface area contributed by atoms with E-state index in [-0.39, 0.29) is 5.91 Å². The molecule has 0 fully saturated rings. The van der Waals surface area contributed by atoms with Gasteiger partial charge in [0, 0.05) is 32.4 Å². The lowest BCUT2D eigenvalue weighted by Crippen LogP contribution is -2.38. The van der Waals surface area contributed by atoms with Gasteiger partial charge in [-0.15, -0.1) is 0 Å². The maximum atomic E-state index is 12.3. The lowest BCUT2D eigenvalue weighted by molar-refractivity contribution is 0.0700. The molecule has 0 spiro atoms. The van der Waals surface area contributed by atoms with Crippen LogP contribution in [0.2, 0.25) is 0 Å². The molecule has 1 amide bonds. The molecule has 0 aliphatic carbocycles. The van der Waals surface area contributed by atoms with Crippen molar-refractivity contribution in [1.29, 1.82) is 0 Å². The molecule has 1 aromatic heterocycles. The third kappa shape index (κ3) is 3.78. The Morgan fingerprint density at radius 2 is 2.11 bits per heavy atom. The molecule has 0 atom stereocenters. The van der Waals surface area contributed by atoms with Crippen LogP contribution in [0.4, 0.5) is 0 Å². The van der Waals surface area contributed by atoms with Gasteiger partial charge in [0.15, 0.2) is 0 Å². The van der Waals surface area contributed by atoms with Crippen molar-refractivity contribution in [3.63, 3.8) is 0 Å². The van der Waals surface area contributed by atoms with Crippen molar-refractivity contribution in [2.75, 3.05) is 33.4 Å². The molecule has 0 aromatic carbocycles. The van der Waals surface area contributed by atoms with Gasteiger partial charge >= 0.3 is 0 Å². The Labute approximate surface area is 108 Å². The molecule has 0 saturated carbocycles. The van der Waals surface area contributed by atoms with Crippen LogP contribution in [-0.4, -0.2) is 49.1 Å². The van der Waals surface area contributed by atoms with Crippen molar-refractivity contribution in [1.82, 2.24) is 9.88 Å². The summed E-state index contributed by atoms with van der Waals surface area (Å²) in [4.78, 5) is 18.4. The summed E-state index contributed by atoms with van der Waals surface area (Å²) in [5.74, 6) is -0.0394. The number of nitrogens with two attached hydrogens (primary N) is 1. The molecule has 1 aromatic rings. The van der Waals surface area contributed by atoms with E-state index < -0.39 is 0 Å². The molecular formula is C13H21N3O2. The number of hydrogen-bond donors (Lipinski definition) is 1. The Kier molecular flexibility index (Phi) is 5.74. The second-order valence-electron chi connectivity index (χ2n) is 4.16. The number of nitrogens with zero attached hydrogens (tertiary/aromatic N) is 2. The van der Waals surface area contributed by atoms with Crippen molar-refractivity contribution in [3.05, 3.63) is 29.1 Å². The standard InChI is InChI=1S/C13H21N3O2/c1-10-4-5-12(11(2)15-10)13(17)16(7-6-14)8-9-18-3/h4-5H,6-9,14H2,1-3H3. The van der Waals surface area contributed by atoms with Crippen molar-refractivity contribution in [2.45, 2.75) is 13.8 Å². The van der Waals surface area contributed by atoms with Crippen LogP contribution < -0.4 is 5.73 Å². The summed E-state index contributed by atoms with van der Waals surface area (Å²) in [5, 5.41) is 0. The number of carbonyl (C=O) groups excluding carboxylic acids is 1. The summed E-state index contributed by atoms with van der Waals surface area (Å²) in [6.07, 6.45) is 0. The van der Waals surface area contributed by atoms with Gasteiger partial charge in [0.05, 0.1) is 17.9 Å². The smallest absolute Gasteiger partial charge is 0.255 e. The number of aryl methyl sites for hydroxylation is 2. The van der Waals surface area contributed by atoms with Crippen molar-refractivity contribution in [3.8, 4) is 0 Å². The Bertz CT molecular complexity index is 407. The third-order valence-electron chi connectivity index (χ3n) is 2.71. The highest BCUT2D eigenvalue weighted by Crippen LogP contribution is 2.10. The quantitative estimate of drug-likeness (QED) is 0.810. The largest absolute Gasteiger partial charge is 0.383 e. The molecule has 0 radical (unpaired) electrons. The maximum Gasteiger partial charge on any atom is 0.255 e. The number of carbonyl (C=O) groups is 1. The van der Waals surface area contributed by atoms with Gasteiger partial charge in [-0.1, -0.05) is 0 Å². The van der Waals surface area contributed by atoms with Gasteiger partial charge in [-0.2, -0.15) is 0 Å². The highest BCUT2D eigenvalue weighted by Gasteiger charge is 2.17. The molecule has 1 rings (SSSR count). The van der Waals surface area contributed by atoms with E-state index in [1.165, 1.54) is 0 Å². The number of pyridine rings is 1. The molecule has 1 heterocycles. The van der Waals surface area contributed by atoms with Gasteiger partial charge in [-0.3, -0.25) is 9.78 Å². The van der Waals surface area contributed by atoms with Gasteiger partial charge in [0.2, 0.25) is 0 Å². The molecule has 0 aliphatic heterocycles. The lowest BCUT2D eigenvalue weighted by Gasteiger charge is -2.22.